The topological polar surface area (TPSA) is 94.0 Å². The molecule has 2 aromatic rings. The van der Waals surface area contributed by atoms with Crippen molar-refractivity contribution in [3.8, 4) is 0 Å². The third-order valence-electron chi connectivity index (χ3n) is 2.70. The molecule has 0 radical (unpaired) electrons. The van der Waals surface area contributed by atoms with Gasteiger partial charge in [0.05, 0.1) is 17.3 Å². The van der Waals surface area contributed by atoms with Crippen molar-refractivity contribution in [3.63, 3.8) is 0 Å². The van der Waals surface area contributed by atoms with Crippen molar-refractivity contribution in [3.05, 3.63) is 46.5 Å². The van der Waals surface area contributed by atoms with Crippen LogP contribution in [0.1, 0.15) is 11.3 Å². The third kappa shape index (κ3) is 3.31. The van der Waals surface area contributed by atoms with Gasteiger partial charge in [0.15, 0.2) is 0 Å². The molecule has 0 bridgehead atoms. The van der Waals surface area contributed by atoms with E-state index in [1.807, 2.05) is 0 Å². The second-order valence-corrected chi connectivity index (χ2v) is 4.68. The molecule has 20 heavy (non-hydrogen) atoms. The van der Waals surface area contributed by atoms with Crippen LogP contribution in [0.2, 0.25) is 5.02 Å². The van der Waals surface area contributed by atoms with E-state index in [1.54, 1.807) is 12.1 Å². The maximum Gasteiger partial charge on any atom is 0.320 e. The standard InChI is InChI=1S/C12H12ClFN4O2/c13-9-3-1-2-7(11(9)14)5-18-6-8(16-17-18)4-10(15)12(19)20/h1-3,6,10H,4-5,15H2,(H,19,20). The third-order valence-corrected chi connectivity index (χ3v) is 2.99. The zero-order chi connectivity index (χ0) is 14.7. The van der Waals surface area contributed by atoms with Crippen LogP contribution in [0.25, 0.3) is 0 Å². The number of nitrogens with two attached hydrogens (primary N) is 1. The lowest BCUT2D eigenvalue weighted by Gasteiger charge is -2.04. The second-order valence-electron chi connectivity index (χ2n) is 4.27. The molecular weight excluding hydrogens is 287 g/mol. The van der Waals surface area contributed by atoms with E-state index in [2.05, 4.69) is 10.3 Å². The second kappa shape index (κ2) is 5.98. The highest BCUT2D eigenvalue weighted by molar-refractivity contribution is 6.30. The minimum atomic E-state index is -1.11. The number of carbonyl (C=O) groups is 1. The fourth-order valence-corrected chi connectivity index (χ4v) is 1.86. The van der Waals surface area contributed by atoms with Crippen molar-refractivity contribution >= 4 is 17.6 Å². The Morgan fingerprint density at radius 2 is 2.30 bits per heavy atom. The minimum absolute atomic E-state index is 0.0377. The van der Waals surface area contributed by atoms with Crippen LogP contribution in [0.3, 0.4) is 0 Å². The molecule has 0 aliphatic carbocycles. The first-order chi connectivity index (χ1) is 9.47. The minimum Gasteiger partial charge on any atom is -0.480 e. The van der Waals surface area contributed by atoms with E-state index in [-0.39, 0.29) is 18.0 Å². The van der Waals surface area contributed by atoms with Crippen LogP contribution in [0.4, 0.5) is 4.39 Å². The maximum absolute atomic E-state index is 13.7. The van der Waals surface area contributed by atoms with Crippen molar-refractivity contribution in [2.45, 2.75) is 19.0 Å². The molecule has 0 fully saturated rings. The van der Waals surface area contributed by atoms with Gasteiger partial charge in [-0.15, -0.1) is 5.10 Å². The summed E-state index contributed by atoms with van der Waals surface area (Å²) in [7, 11) is 0. The molecule has 1 atom stereocenters. The van der Waals surface area contributed by atoms with Crippen molar-refractivity contribution in [2.75, 3.05) is 0 Å². The van der Waals surface area contributed by atoms with Gasteiger partial charge in [0, 0.05) is 18.2 Å². The van der Waals surface area contributed by atoms with Gasteiger partial charge in [0.25, 0.3) is 0 Å². The Morgan fingerprint density at radius 1 is 1.55 bits per heavy atom. The van der Waals surface area contributed by atoms with E-state index in [1.165, 1.54) is 16.9 Å². The normalized spacial score (nSPS) is 12.3. The number of hydrogen-bond donors (Lipinski definition) is 2. The predicted octanol–water partition coefficient (Wildman–Crippen LogP) is 1.07. The molecule has 0 amide bonds. The summed E-state index contributed by atoms with van der Waals surface area (Å²) in [6, 6.07) is 3.65. The van der Waals surface area contributed by atoms with Crippen LogP contribution in [-0.2, 0) is 17.8 Å². The summed E-state index contributed by atoms with van der Waals surface area (Å²) < 4.78 is 15.1. The van der Waals surface area contributed by atoms with E-state index in [0.29, 0.717) is 11.3 Å². The first-order valence-corrected chi connectivity index (χ1v) is 6.15. The van der Waals surface area contributed by atoms with E-state index in [9.17, 15) is 9.18 Å². The Morgan fingerprint density at radius 3 is 3.00 bits per heavy atom. The quantitative estimate of drug-likeness (QED) is 0.861. The number of carboxylic acids is 1. The van der Waals surface area contributed by atoms with Crippen LogP contribution < -0.4 is 5.73 Å². The summed E-state index contributed by atoms with van der Waals surface area (Å²) >= 11 is 5.69. The molecule has 6 nitrogen and oxygen atoms in total. The summed E-state index contributed by atoms with van der Waals surface area (Å²) in [4.78, 5) is 10.6. The molecule has 8 heteroatoms. The highest BCUT2D eigenvalue weighted by Crippen LogP contribution is 2.18. The number of rotatable bonds is 5. The van der Waals surface area contributed by atoms with Gasteiger partial charge in [-0.05, 0) is 6.07 Å². The molecule has 0 spiro atoms. The zero-order valence-electron chi connectivity index (χ0n) is 10.3. The molecule has 0 saturated heterocycles. The summed E-state index contributed by atoms with van der Waals surface area (Å²) in [5, 5.41) is 16.3. The van der Waals surface area contributed by atoms with E-state index in [0.717, 1.165) is 0 Å². The summed E-state index contributed by atoms with van der Waals surface area (Å²) in [5.74, 6) is -1.62. The van der Waals surface area contributed by atoms with Gasteiger partial charge in [-0.25, -0.2) is 9.07 Å². The number of halogens is 2. The summed E-state index contributed by atoms with van der Waals surface area (Å²) in [5.41, 5.74) is 6.20. The van der Waals surface area contributed by atoms with Crippen molar-refractivity contribution in [2.24, 2.45) is 5.73 Å². The van der Waals surface area contributed by atoms with Crippen molar-refractivity contribution in [1.82, 2.24) is 15.0 Å². The van der Waals surface area contributed by atoms with Crippen LogP contribution in [0, 0.1) is 5.82 Å². The largest absolute Gasteiger partial charge is 0.480 e. The Kier molecular flexibility index (Phi) is 4.31. The van der Waals surface area contributed by atoms with Crippen LogP contribution in [0.15, 0.2) is 24.4 Å². The number of hydrogen-bond acceptors (Lipinski definition) is 4. The van der Waals surface area contributed by atoms with E-state index >= 15 is 0 Å². The molecule has 1 aromatic heterocycles. The number of aliphatic carboxylic acids is 1. The Hall–Kier alpha value is -1.99. The number of nitrogens with zero attached hydrogens (tertiary/aromatic N) is 3. The predicted molar refractivity (Wildman–Crippen MR) is 69.8 cm³/mol. The molecule has 1 aromatic carbocycles. The van der Waals surface area contributed by atoms with Gasteiger partial charge < -0.3 is 10.8 Å². The van der Waals surface area contributed by atoms with Gasteiger partial charge in [-0.1, -0.05) is 28.9 Å². The summed E-state index contributed by atoms with van der Waals surface area (Å²) in [6.07, 6.45) is 1.59. The first-order valence-electron chi connectivity index (χ1n) is 5.77. The van der Waals surface area contributed by atoms with Crippen LogP contribution in [0.5, 0.6) is 0 Å². The molecular formula is C12H12ClFN4O2. The zero-order valence-corrected chi connectivity index (χ0v) is 11.1. The fourth-order valence-electron chi connectivity index (χ4n) is 1.67. The first kappa shape index (κ1) is 14.4. The molecule has 3 N–H and O–H groups in total. The average Bonchev–Trinajstić information content (AvgIpc) is 2.82. The fraction of sp³-hybridized carbons (Fsp3) is 0.250. The van der Waals surface area contributed by atoms with Gasteiger partial charge in [0.1, 0.15) is 11.9 Å². The summed E-state index contributed by atoms with van der Waals surface area (Å²) in [6.45, 7) is 0.154. The van der Waals surface area contributed by atoms with Crippen molar-refractivity contribution in [1.29, 1.82) is 0 Å². The molecule has 0 saturated carbocycles. The maximum atomic E-state index is 13.7. The number of benzene rings is 1. The Balaban J connectivity index is 2.10. The Bertz CT molecular complexity index is 632. The van der Waals surface area contributed by atoms with E-state index in [4.69, 9.17) is 22.4 Å². The molecule has 1 heterocycles. The highest BCUT2D eigenvalue weighted by Gasteiger charge is 2.15. The molecule has 2 rings (SSSR count). The van der Waals surface area contributed by atoms with Crippen LogP contribution in [-0.4, -0.2) is 32.1 Å². The van der Waals surface area contributed by atoms with Gasteiger partial charge in [-0.2, -0.15) is 0 Å². The average molecular weight is 299 g/mol. The molecule has 0 aliphatic rings. The molecule has 0 aliphatic heterocycles. The SMILES string of the molecule is NC(Cc1cn(Cc2cccc(Cl)c2F)nn1)C(=O)O. The highest BCUT2D eigenvalue weighted by atomic mass is 35.5. The molecule has 106 valence electrons. The lowest BCUT2D eigenvalue weighted by atomic mass is 10.2. The number of aromatic nitrogens is 3. The lowest BCUT2D eigenvalue weighted by Crippen LogP contribution is -2.32. The monoisotopic (exact) mass is 298 g/mol. The Labute approximate surface area is 119 Å². The number of carboxylic acid groups (broad SMARTS) is 1. The van der Waals surface area contributed by atoms with Gasteiger partial charge in [0.2, 0.25) is 0 Å². The smallest absolute Gasteiger partial charge is 0.320 e. The molecule has 1 unspecified atom stereocenters. The van der Waals surface area contributed by atoms with Gasteiger partial charge in [-0.3, -0.25) is 4.79 Å². The van der Waals surface area contributed by atoms with Crippen LogP contribution >= 0.6 is 11.6 Å². The lowest BCUT2D eigenvalue weighted by molar-refractivity contribution is -0.138. The van der Waals surface area contributed by atoms with Crippen molar-refractivity contribution < 1.29 is 14.3 Å². The van der Waals surface area contributed by atoms with Gasteiger partial charge >= 0.3 is 5.97 Å². The van der Waals surface area contributed by atoms with E-state index < -0.39 is 17.8 Å².